The first-order valence-corrected chi connectivity index (χ1v) is 0. The van der Waals surface area contributed by atoms with E-state index in [-0.39, 0.29) is 133 Å². The van der Waals surface area contributed by atoms with Gasteiger partial charge in [0, 0.05) is 17.1 Å². The summed E-state index contributed by atoms with van der Waals surface area (Å²) in [7, 11) is 0. The summed E-state index contributed by atoms with van der Waals surface area (Å²) in [5.74, 6) is 0. The number of hydrogen-bond donors (Lipinski definition) is 0. The summed E-state index contributed by atoms with van der Waals surface area (Å²) in [4.78, 5) is 0. The van der Waals surface area contributed by atoms with Gasteiger partial charge in [-0.3, -0.25) is 0 Å². The maximum Gasteiger partial charge on any atom is 2.00 e. The van der Waals surface area contributed by atoms with E-state index in [9.17, 15) is 0 Å². The van der Waals surface area contributed by atoms with Crippen LogP contribution >= 0.6 is 0 Å². The molecule has 0 atom stereocenters. The quantitative estimate of drug-likeness (QED) is 0.444. The fraction of sp³-hybridized carbons (Fsp3) is 0. The fourth-order valence-electron chi connectivity index (χ4n) is 0. The Hall–Kier alpha value is 4.18. The monoisotopic (exact) mass is 405 g/mol. The SMILES string of the molecule is [Ca+2].[Cu].[H-].[H-].[H-].[H-].[PbH2].[Sr+2]. The molecule has 0 aliphatic carbocycles. The summed E-state index contributed by atoms with van der Waals surface area (Å²) in [6, 6.07) is 0. The molecule has 0 amide bonds. The smallest absolute Gasteiger partial charge is 2.00 e. The van der Waals surface area contributed by atoms with Crippen molar-refractivity contribution in [2.24, 2.45) is 0 Å². The van der Waals surface area contributed by atoms with Gasteiger partial charge in [0.05, 0.1) is 0 Å². The number of hydrogen-bond acceptors (Lipinski definition) is 0. The third-order valence-corrected chi connectivity index (χ3v) is 0. The van der Waals surface area contributed by atoms with Gasteiger partial charge in [-0.15, -0.1) is 0 Å². The normalized spacial score (nSPS) is 0. The van der Waals surface area contributed by atoms with Crippen LogP contribution < -0.4 is 0 Å². The zero-order chi connectivity index (χ0) is 0. The summed E-state index contributed by atoms with van der Waals surface area (Å²) in [6.45, 7) is 0. The van der Waals surface area contributed by atoms with Gasteiger partial charge in [-0.2, -0.15) is 0 Å². The van der Waals surface area contributed by atoms with Crippen LogP contribution in [0.4, 0.5) is 0 Å². The van der Waals surface area contributed by atoms with Crippen LogP contribution in [0.1, 0.15) is 5.71 Å². The Morgan fingerprint density at radius 2 is 1.25 bits per heavy atom. The summed E-state index contributed by atoms with van der Waals surface area (Å²) in [6.07, 6.45) is 0. The molecular formula is H6CaCuPbSr. The van der Waals surface area contributed by atoms with Crippen molar-refractivity contribution in [1.29, 1.82) is 0 Å². The van der Waals surface area contributed by atoms with Crippen LogP contribution in [0.25, 0.3) is 0 Å². The summed E-state index contributed by atoms with van der Waals surface area (Å²) in [5.41, 5.74) is 0. The molecule has 0 unspecified atom stereocenters. The first-order chi connectivity index (χ1) is 0. The zero-order valence-electron chi connectivity index (χ0n) is 6.42. The van der Waals surface area contributed by atoms with E-state index >= 15 is 0 Å². The Morgan fingerprint density at radius 1 is 1.25 bits per heavy atom. The van der Waals surface area contributed by atoms with E-state index in [1.165, 1.54) is 0 Å². The van der Waals surface area contributed by atoms with Gasteiger partial charge in [0.25, 0.3) is 0 Å². The standard InChI is InChI=1S/Ca.Cu.Pb.Sr.6H/q+2;;;+2;;;4*-1. The summed E-state index contributed by atoms with van der Waals surface area (Å²) >= 11 is 0. The Labute approximate surface area is 130 Å². The van der Waals surface area contributed by atoms with E-state index in [2.05, 4.69) is 0 Å². The van der Waals surface area contributed by atoms with Crippen LogP contribution in [0.3, 0.4) is 0 Å². The Balaban J connectivity index is 0. The molecule has 0 saturated heterocycles. The molecule has 3 radical (unpaired) electrons. The molecule has 0 aliphatic heterocycles. The van der Waals surface area contributed by atoms with Crippen molar-refractivity contribution in [2.75, 3.05) is 0 Å². The van der Waals surface area contributed by atoms with Crippen molar-refractivity contribution < 1.29 is 22.8 Å². The van der Waals surface area contributed by atoms with Gasteiger partial charge in [-0.05, 0) is 0 Å². The molecule has 4 heteroatoms. The van der Waals surface area contributed by atoms with E-state index in [1.807, 2.05) is 0 Å². The van der Waals surface area contributed by atoms with Gasteiger partial charge in [0.2, 0.25) is 0 Å². The topological polar surface area (TPSA) is 0 Å². The van der Waals surface area contributed by atoms with Crippen molar-refractivity contribution in [3.05, 3.63) is 0 Å². The second kappa shape index (κ2) is 15.7. The maximum absolute atomic E-state index is 0. The van der Waals surface area contributed by atoms with Gasteiger partial charge in [0.15, 0.2) is 0 Å². The zero-order valence-corrected chi connectivity index (χ0v) is 14.5. The average Bonchev–Trinajstić information content (AvgIpc) is 0. The van der Waals surface area contributed by atoms with Crippen LogP contribution in [0, 0.1) is 0 Å². The molecule has 0 saturated carbocycles. The minimum Gasteiger partial charge on any atom is 2.00 e. The molecule has 0 aromatic rings. The van der Waals surface area contributed by atoms with Crippen molar-refractivity contribution >= 4 is 111 Å². The number of rotatable bonds is 0. The second-order valence-electron chi connectivity index (χ2n) is 0. The van der Waals surface area contributed by atoms with Crippen LogP contribution in [-0.2, 0) is 17.1 Å². The average molecular weight is 404 g/mol. The molecule has 0 N–H and O–H groups in total. The summed E-state index contributed by atoms with van der Waals surface area (Å²) in [5, 5.41) is 0. The van der Waals surface area contributed by atoms with Gasteiger partial charge in [-0.1, -0.05) is 0 Å². The van der Waals surface area contributed by atoms with E-state index in [0.717, 1.165) is 0 Å². The van der Waals surface area contributed by atoms with Crippen molar-refractivity contribution in [3.63, 3.8) is 0 Å². The molecule has 0 rings (SSSR count). The van der Waals surface area contributed by atoms with Crippen LogP contribution in [0.2, 0.25) is 0 Å². The van der Waals surface area contributed by atoms with Gasteiger partial charge >= 0.3 is 111 Å². The molecular weight excluding hydrogens is 398 g/mol. The van der Waals surface area contributed by atoms with Crippen molar-refractivity contribution in [3.8, 4) is 0 Å². The van der Waals surface area contributed by atoms with Gasteiger partial charge < -0.3 is 5.71 Å². The van der Waals surface area contributed by atoms with Crippen LogP contribution in [0.5, 0.6) is 0 Å². The Morgan fingerprint density at radius 3 is 1.25 bits per heavy atom. The van der Waals surface area contributed by atoms with E-state index < -0.39 is 0 Å². The van der Waals surface area contributed by atoms with Crippen molar-refractivity contribution in [1.82, 2.24) is 0 Å². The minimum absolute atomic E-state index is 0. The molecule has 0 aliphatic rings. The third kappa shape index (κ3) is 9.49. The van der Waals surface area contributed by atoms with E-state index in [0.29, 0.717) is 0 Å². The van der Waals surface area contributed by atoms with E-state index in [1.54, 1.807) is 0 Å². The molecule has 25 valence electrons. The summed E-state index contributed by atoms with van der Waals surface area (Å²) < 4.78 is 0. The van der Waals surface area contributed by atoms with Crippen LogP contribution in [-0.4, -0.2) is 111 Å². The predicted octanol–water partition coefficient (Wildman–Crippen LogP) is -1.23. The third-order valence-electron chi connectivity index (χ3n) is 0. The van der Waals surface area contributed by atoms with Crippen LogP contribution in [0.15, 0.2) is 0 Å². The first-order valence-electron chi connectivity index (χ1n) is 0. The maximum atomic E-state index is 0. The molecule has 0 aromatic heterocycles. The largest absolute Gasteiger partial charge is 2.00 e. The van der Waals surface area contributed by atoms with Crippen molar-refractivity contribution in [2.45, 2.75) is 0 Å². The molecule has 0 heterocycles. The molecule has 0 bridgehead atoms. The Kier molecular flexibility index (Phi) is 94.7. The molecule has 0 nitrogen and oxygen atoms in total. The predicted molar refractivity (Wildman–Crippen MR) is 24.5 cm³/mol. The second-order valence-corrected chi connectivity index (χ2v) is 0. The van der Waals surface area contributed by atoms with Gasteiger partial charge in [-0.25, -0.2) is 0 Å². The molecule has 0 spiro atoms. The molecule has 0 fully saturated rings. The van der Waals surface area contributed by atoms with Gasteiger partial charge in [0.1, 0.15) is 0 Å². The minimum atomic E-state index is 0. The Bertz CT molecular complexity index is 16.0. The first kappa shape index (κ1) is 24.1. The molecule has 0 aromatic carbocycles. The fourth-order valence-corrected chi connectivity index (χ4v) is 0. The molecule has 4 heavy (non-hydrogen) atoms. The van der Waals surface area contributed by atoms with E-state index in [4.69, 9.17) is 0 Å².